The summed E-state index contributed by atoms with van der Waals surface area (Å²) in [4.78, 5) is 9.56. The van der Waals surface area contributed by atoms with Gasteiger partial charge in [-0.1, -0.05) is 18.2 Å². The van der Waals surface area contributed by atoms with E-state index >= 15 is 0 Å². The van der Waals surface area contributed by atoms with E-state index in [1.54, 1.807) is 29.4 Å². The Hall–Kier alpha value is -2.64. The second kappa shape index (κ2) is 8.37. The molecule has 1 aromatic carbocycles. The second-order valence-corrected chi connectivity index (χ2v) is 7.07. The molecule has 0 saturated carbocycles. The summed E-state index contributed by atoms with van der Waals surface area (Å²) in [5, 5.41) is 6.54. The number of pyridine rings is 1. The SMILES string of the molecule is Fc1cccc(-c2csc(=NC[C@@H]3CCCO3)n2/N=C\c2cccnc2)c1. The van der Waals surface area contributed by atoms with Crippen molar-refractivity contribution in [3.63, 3.8) is 0 Å². The van der Waals surface area contributed by atoms with Gasteiger partial charge >= 0.3 is 0 Å². The minimum absolute atomic E-state index is 0.167. The lowest BCUT2D eigenvalue weighted by molar-refractivity contribution is 0.117. The Kier molecular flexibility index (Phi) is 5.50. The Bertz CT molecular complexity index is 990. The van der Waals surface area contributed by atoms with E-state index in [0.717, 1.165) is 41.1 Å². The fraction of sp³-hybridized carbons (Fsp3) is 0.250. The molecule has 0 aliphatic carbocycles. The summed E-state index contributed by atoms with van der Waals surface area (Å²) < 4.78 is 21.1. The summed E-state index contributed by atoms with van der Waals surface area (Å²) in [5.74, 6) is -0.278. The average Bonchev–Trinajstić information content (AvgIpc) is 3.35. The van der Waals surface area contributed by atoms with E-state index in [2.05, 4.69) is 10.1 Å². The van der Waals surface area contributed by atoms with Gasteiger partial charge in [0, 0.05) is 35.5 Å². The van der Waals surface area contributed by atoms with Gasteiger partial charge in [0.15, 0.2) is 0 Å². The molecule has 1 aliphatic rings. The van der Waals surface area contributed by atoms with E-state index in [1.807, 2.05) is 23.6 Å². The van der Waals surface area contributed by atoms with Gasteiger partial charge in [-0.2, -0.15) is 5.10 Å². The summed E-state index contributed by atoms with van der Waals surface area (Å²) >= 11 is 1.48. The van der Waals surface area contributed by atoms with Crippen LogP contribution >= 0.6 is 11.3 Å². The normalized spacial score (nSPS) is 17.8. The van der Waals surface area contributed by atoms with Crippen LogP contribution in [-0.2, 0) is 4.74 Å². The smallest absolute Gasteiger partial charge is 0.206 e. The van der Waals surface area contributed by atoms with Crippen molar-refractivity contribution in [3.8, 4) is 11.3 Å². The second-order valence-electron chi connectivity index (χ2n) is 6.23. The number of nitrogens with zero attached hydrogens (tertiary/aromatic N) is 4. The maximum atomic E-state index is 13.7. The Morgan fingerprint density at radius 1 is 1.33 bits per heavy atom. The highest BCUT2D eigenvalue weighted by molar-refractivity contribution is 7.07. The first-order chi connectivity index (χ1) is 13.3. The van der Waals surface area contributed by atoms with Crippen molar-refractivity contribution in [2.24, 2.45) is 10.1 Å². The Morgan fingerprint density at radius 2 is 2.30 bits per heavy atom. The zero-order valence-corrected chi connectivity index (χ0v) is 15.5. The largest absolute Gasteiger partial charge is 0.376 e. The van der Waals surface area contributed by atoms with Crippen LogP contribution in [0.5, 0.6) is 0 Å². The molecule has 1 aliphatic heterocycles. The van der Waals surface area contributed by atoms with Crippen molar-refractivity contribution in [1.82, 2.24) is 9.66 Å². The van der Waals surface area contributed by atoms with Gasteiger partial charge in [-0.05, 0) is 31.0 Å². The van der Waals surface area contributed by atoms with Crippen molar-refractivity contribution in [3.05, 3.63) is 70.4 Å². The standard InChI is InChI=1S/C20H19FN4OS/c21-17-6-1-5-16(10-17)19-14-27-20(23-13-18-7-3-9-26-18)25(19)24-12-15-4-2-8-22-11-15/h1-2,4-6,8,10-12,14,18H,3,7,9,13H2/b23-20?,24-12-/t18-/m0/s1. The van der Waals surface area contributed by atoms with Crippen LogP contribution in [-0.4, -0.2) is 35.1 Å². The number of halogens is 1. The lowest BCUT2D eigenvalue weighted by Gasteiger charge is -2.05. The van der Waals surface area contributed by atoms with Crippen molar-refractivity contribution >= 4 is 17.6 Å². The van der Waals surface area contributed by atoms with Crippen molar-refractivity contribution in [2.45, 2.75) is 18.9 Å². The van der Waals surface area contributed by atoms with Crippen LogP contribution in [0.15, 0.2) is 64.3 Å². The van der Waals surface area contributed by atoms with Gasteiger partial charge in [0.1, 0.15) is 5.82 Å². The number of thiazole rings is 1. The van der Waals surface area contributed by atoms with Gasteiger partial charge in [-0.3, -0.25) is 9.98 Å². The molecule has 0 unspecified atom stereocenters. The number of rotatable bonds is 5. The quantitative estimate of drug-likeness (QED) is 0.632. The fourth-order valence-corrected chi connectivity index (χ4v) is 3.76. The number of aromatic nitrogens is 2. The molecule has 2 aromatic heterocycles. The molecule has 4 rings (SSSR count). The zero-order chi connectivity index (χ0) is 18.5. The molecule has 0 amide bonds. The number of hydrogen-bond donors (Lipinski definition) is 0. The average molecular weight is 382 g/mol. The van der Waals surface area contributed by atoms with E-state index in [0.29, 0.717) is 6.54 Å². The molecule has 1 fully saturated rings. The van der Waals surface area contributed by atoms with Gasteiger partial charge < -0.3 is 4.74 Å². The van der Waals surface area contributed by atoms with E-state index in [1.165, 1.54) is 23.5 Å². The summed E-state index contributed by atoms with van der Waals surface area (Å²) in [7, 11) is 0. The molecule has 0 N–H and O–H groups in total. The summed E-state index contributed by atoms with van der Waals surface area (Å²) in [5.41, 5.74) is 2.44. The van der Waals surface area contributed by atoms with Gasteiger partial charge in [0.25, 0.3) is 0 Å². The van der Waals surface area contributed by atoms with Crippen LogP contribution in [0.25, 0.3) is 11.3 Å². The zero-order valence-electron chi connectivity index (χ0n) is 14.7. The van der Waals surface area contributed by atoms with Crippen molar-refractivity contribution in [1.29, 1.82) is 0 Å². The lowest BCUT2D eigenvalue weighted by Crippen LogP contribution is -2.17. The maximum absolute atomic E-state index is 13.7. The van der Waals surface area contributed by atoms with E-state index in [-0.39, 0.29) is 11.9 Å². The van der Waals surface area contributed by atoms with Crippen LogP contribution in [0, 0.1) is 5.82 Å². The number of benzene rings is 1. The molecular weight excluding hydrogens is 363 g/mol. The first-order valence-electron chi connectivity index (χ1n) is 8.82. The highest BCUT2D eigenvalue weighted by Gasteiger charge is 2.15. The van der Waals surface area contributed by atoms with Crippen LogP contribution in [0.2, 0.25) is 0 Å². The minimum Gasteiger partial charge on any atom is -0.376 e. The first-order valence-corrected chi connectivity index (χ1v) is 9.70. The highest BCUT2D eigenvalue weighted by Crippen LogP contribution is 2.21. The van der Waals surface area contributed by atoms with Gasteiger partial charge in [-0.25, -0.2) is 9.07 Å². The van der Waals surface area contributed by atoms with Crippen LogP contribution in [0.3, 0.4) is 0 Å². The van der Waals surface area contributed by atoms with Crippen molar-refractivity contribution in [2.75, 3.05) is 13.2 Å². The molecule has 0 spiro atoms. The minimum atomic E-state index is -0.278. The van der Waals surface area contributed by atoms with Gasteiger partial charge in [0.2, 0.25) is 4.80 Å². The molecule has 138 valence electrons. The van der Waals surface area contributed by atoms with Crippen LogP contribution in [0.1, 0.15) is 18.4 Å². The third-order valence-electron chi connectivity index (χ3n) is 4.27. The van der Waals surface area contributed by atoms with Crippen LogP contribution in [0.4, 0.5) is 4.39 Å². The Morgan fingerprint density at radius 3 is 3.07 bits per heavy atom. The number of hydrogen-bond acceptors (Lipinski definition) is 5. The van der Waals surface area contributed by atoms with Crippen LogP contribution < -0.4 is 4.80 Å². The predicted octanol–water partition coefficient (Wildman–Crippen LogP) is 3.71. The third-order valence-corrected chi connectivity index (χ3v) is 5.12. The topological polar surface area (TPSA) is 51.8 Å². The Labute approximate surface area is 160 Å². The molecule has 5 nitrogen and oxygen atoms in total. The lowest BCUT2D eigenvalue weighted by atomic mass is 10.2. The first kappa shape index (κ1) is 17.8. The molecule has 0 bridgehead atoms. The van der Waals surface area contributed by atoms with Crippen molar-refractivity contribution < 1.29 is 9.13 Å². The molecule has 1 saturated heterocycles. The van der Waals surface area contributed by atoms with Gasteiger partial charge in [-0.15, -0.1) is 11.3 Å². The predicted molar refractivity (Wildman–Crippen MR) is 104 cm³/mol. The van der Waals surface area contributed by atoms with Gasteiger partial charge in [0.05, 0.1) is 24.6 Å². The fourth-order valence-electron chi connectivity index (χ4n) is 2.91. The molecule has 27 heavy (non-hydrogen) atoms. The highest BCUT2D eigenvalue weighted by atomic mass is 32.1. The number of ether oxygens (including phenoxy) is 1. The molecule has 0 radical (unpaired) electrons. The summed E-state index contributed by atoms with van der Waals surface area (Å²) in [6.45, 7) is 1.41. The molecule has 3 heterocycles. The molecule has 7 heteroatoms. The third kappa shape index (κ3) is 4.37. The van der Waals surface area contributed by atoms with E-state index in [4.69, 9.17) is 9.73 Å². The maximum Gasteiger partial charge on any atom is 0.206 e. The van der Waals surface area contributed by atoms with E-state index < -0.39 is 0 Å². The van der Waals surface area contributed by atoms with E-state index in [9.17, 15) is 4.39 Å². The summed E-state index contributed by atoms with van der Waals surface area (Å²) in [6, 6.07) is 10.3. The summed E-state index contributed by atoms with van der Waals surface area (Å²) in [6.07, 6.45) is 7.47. The Balaban J connectivity index is 1.72. The molecular formula is C20H19FN4OS. The molecule has 1 atom stereocenters. The monoisotopic (exact) mass is 382 g/mol. The molecule has 3 aromatic rings.